The van der Waals surface area contributed by atoms with Gasteiger partial charge in [-0.05, 0) is 80.5 Å². The van der Waals surface area contributed by atoms with Gasteiger partial charge in [0, 0.05) is 12.5 Å². The van der Waals surface area contributed by atoms with Gasteiger partial charge in [0.05, 0.1) is 12.5 Å². The zero-order chi connectivity index (χ0) is 32.1. The van der Waals surface area contributed by atoms with Gasteiger partial charge in [0.15, 0.2) is 8.32 Å². The Morgan fingerprint density at radius 1 is 0.729 bits per heavy atom. The van der Waals surface area contributed by atoms with Crippen LogP contribution in [0.1, 0.15) is 111 Å². The maximum atomic E-state index is 13.6. The van der Waals surface area contributed by atoms with Crippen LogP contribution < -0.4 is 0 Å². The first-order valence-electron chi connectivity index (χ1n) is 16.6. The number of hydrogen-bond acceptors (Lipinski definition) is 4. The summed E-state index contributed by atoms with van der Waals surface area (Å²) in [6.45, 7) is 13.4. The van der Waals surface area contributed by atoms with E-state index >= 15 is 0 Å². The van der Waals surface area contributed by atoms with E-state index in [1.54, 1.807) is 7.11 Å². The molecular weight excluding hydrogens is 625 g/mol. The molecule has 2 atom stereocenters. The van der Waals surface area contributed by atoms with Crippen LogP contribution in [0.15, 0.2) is 91.0 Å². The number of esters is 1. The molecule has 3 aromatic rings. The molecule has 0 fully saturated rings. The minimum Gasteiger partial charge on any atom is -0.465 e. The molecule has 0 heterocycles. The van der Waals surface area contributed by atoms with Crippen molar-refractivity contribution < 1.29 is 18.1 Å². The highest BCUT2D eigenvalue weighted by molar-refractivity contribution is 6.82. The first-order chi connectivity index (χ1) is 21.0. The second-order valence-corrected chi connectivity index (χ2v) is 21.5. The third kappa shape index (κ3) is 14.5. The molecule has 0 amide bonds. The Kier molecular flexibility index (Phi) is 22.8. The van der Waals surface area contributed by atoms with E-state index in [1.807, 2.05) is 6.92 Å². The summed E-state index contributed by atoms with van der Waals surface area (Å²) in [5.74, 6) is -0.00208. The summed E-state index contributed by atoms with van der Waals surface area (Å²) in [5, 5.41) is 0. The van der Waals surface area contributed by atoms with Gasteiger partial charge in [-0.2, -0.15) is 0 Å². The summed E-state index contributed by atoms with van der Waals surface area (Å²) in [6, 6.07) is 33.6. The van der Waals surface area contributed by atoms with E-state index in [1.165, 1.54) is 36.0 Å². The highest BCUT2D eigenvalue weighted by Gasteiger charge is 2.40. The van der Waals surface area contributed by atoms with Crippen molar-refractivity contribution in [1.82, 2.24) is 0 Å². The molecule has 0 saturated heterocycles. The van der Waals surface area contributed by atoms with Crippen LogP contribution in [0.2, 0.25) is 32.2 Å². The minimum atomic E-state index is -2.10. The average molecular weight is 697 g/mol. The SMILES string of the molecule is C.C.C.C.CCCCCC(CC(CC(C)C(=O)OCCC[Si](C)(C)O[Si](C)(C)OC)(c1ccccc1)c1ccccc1)c1ccccc1. The quantitative estimate of drug-likeness (QED) is 0.0711. The van der Waals surface area contributed by atoms with Crippen molar-refractivity contribution in [2.24, 2.45) is 5.92 Å². The molecule has 0 N–H and O–H groups in total. The third-order valence-corrected chi connectivity index (χ3v) is 15.6. The zero-order valence-electron chi connectivity index (χ0n) is 28.3. The molecule has 0 aromatic heterocycles. The second-order valence-electron chi connectivity index (χ2n) is 13.5. The van der Waals surface area contributed by atoms with E-state index in [-0.39, 0.29) is 47.0 Å². The van der Waals surface area contributed by atoms with Crippen LogP contribution in [-0.2, 0) is 23.5 Å². The lowest BCUT2D eigenvalue weighted by molar-refractivity contribution is -0.148. The fourth-order valence-electron chi connectivity index (χ4n) is 6.59. The van der Waals surface area contributed by atoms with E-state index in [0.29, 0.717) is 18.9 Å². The predicted octanol–water partition coefficient (Wildman–Crippen LogP) is 12.8. The van der Waals surface area contributed by atoms with Gasteiger partial charge in [-0.25, -0.2) is 0 Å². The Hall–Kier alpha value is -2.52. The maximum Gasteiger partial charge on any atom is 0.321 e. The summed E-state index contributed by atoms with van der Waals surface area (Å²) in [7, 11) is -2.27. The maximum absolute atomic E-state index is 13.6. The fourth-order valence-corrected chi connectivity index (χ4v) is 13.6. The zero-order valence-corrected chi connectivity index (χ0v) is 30.3. The molecule has 48 heavy (non-hydrogen) atoms. The van der Waals surface area contributed by atoms with Gasteiger partial charge in [-0.15, -0.1) is 0 Å². The lowest BCUT2D eigenvalue weighted by atomic mass is 9.63. The molecule has 4 nitrogen and oxygen atoms in total. The van der Waals surface area contributed by atoms with Crippen LogP contribution in [0.4, 0.5) is 0 Å². The number of unbranched alkanes of at least 4 members (excludes halogenated alkanes) is 2. The van der Waals surface area contributed by atoms with E-state index in [2.05, 4.69) is 124 Å². The number of hydrogen-bond donors (Lipinski definition) is 0. The number of ether oxygens (including phenoxy) is 1. The predicted molar refractivity (Wildman–Crippen MR) is 216 cm³/mol. The molecule has 2 unspecified atom stereocenters. The van der Waals surface area contributed by atoms with Crippen molar-refractivity contribution >= 4 is 22.8 Å². The van der Waals surface area contributed by atoms with Crippen LogP contribution in [0, 0.1) is 5.92 Å². The Bertz CT molecular complexity index is 1190. The Balaban J connectivity index is 0. The van der Waals surface area contributed by atoms with Crippen molar-refractivity contribution in [2.75, 3.05) is 13.7 Å². The molecule has 272 valence electrons. The molecule has 0 aliphatic carbocycles. The van der Waals surface area contributed by atoms with E-state index in [0.717, 1.165) is 25.3 Å². The monoisotopic (exact) mass is 696 g/mol. The fraction of sp³-hybridized carbons (Fsp3) is 0.548. The van der Waals surface area contributed by atoms with Crippen LogP contribution in [0.3, 0.4) is 0 Å². The number of benzene rings is 3. The highest BCUT2D eigenvalue weighted by Crippen LogP contribution is 2.47. The molecule has 0 aliphatic heterocycles. The van der Waals surface area contributed by atoms with Gasteiger partial charge < -0.3 is 13.3 Å². The standard InChI is InChI=1S/C38H56O4Si2.4CH4/c1-8-9-13-23-34(33-21-14-10-15-22-33)31-38(35-24-16-11-17-25-35,36-26-18-12-19-27-36)30-32(2)37(39)41-28-20-29-43(4,5)42-44(6,7)40-3;;;;/h10-12,14-19,21-22,24-27,32,34H,8-9,13,20,23,28-31H2,1-7H3;4*1H4. The Morgan fingerprint density at radius 3 is 1.71 bits per heavy atom. The van der Waals surface area contributed by atoms with Gasteiger partial charge in [-0.3, -0.25) is 4.79 Å². The van der Waals surface area contributed by atoms with Gasteiger partial charge in [-0.1, -0.05) is 154 Å². The summed E-state index contributed by atoms with van der Waals surface area (Å²) in [6.07, 6.45) is 7.18. The molecule has 0 saturated carbocycles. The molecule has 0 aliphatic rings. The lowest BCUT2D eigenvalue weighted by Crippen LogP contribution is -2.45. The Morgan fingerprint density at radius 2 is 1.23 bits per heavy atom. The summed E-state index contributed by atoms with van der Waals surface area (Å²) >= 11 is 0. The smallest absolute Gasteiger partial charge is 0.321 e. The largest absolute Gasteiger partial charge is 0.465 e. The molecule has 0 spiro atoms. The van der Waals surface area contributed by atoms with Crippen molar-refractivity contribution in [2.45, 2.75) is 132 Å². The van der Waals surface area contributed by atoms with Crippen molar-refractivity contribution in [1.29, 1.82) is 0 Å². The van der Waals surface area contributed by atoms with Crippen molar-refractivity contribution in [3.05, 3.63) is 108 Å². The molecule has 6 heteroatoms. The normalized spacial score (nSPS) is 12.6. The van der Waals surface area contributed by atoms with E-state index in [9.17, 15) is 4.79 Å². The third-order valence-electron chi connectivity index (χ3n) is 8.91. The molecule has 0 radical (unpaired) electrons. The average Bonchev–Trinajstić information content (AvgIpc) is 3.03. The summed E-state index contributed by atoms with van der Waals surface area (Å²) in [5.41, 5.74) is 3.56. The van der Waals surface area contributed by atoms with Gasteiger partial charge in [0.25, 0.3) is 0 Å². The van der Waals surface area contributed by atoms with Crippen molar-refractivity contribution in [3.63, 3.8) is 0 Å². The Labute approximate surface area is 299 Å². The highest BCUT2D eigenvalue weighted by atomic mass is 28.4. The first-order valence-corrected chi connectivity index (χ1v) is 22.5. The molecular formula is C42H72O4Si2. The summed E-state index contributed by atoms with van der Waals surface area (Å²) in [4.78, 5) is 13.6. The lowest BCUT2D eigenvalue weighted by Gasteiger charge is -2.40. The van der Waals surface area contributed by atoms with Crippen LogP contribution in [0.25, 0.3) is 0 Å². The van der Waals surface area contributed by atoms with Gasteiger partial charge >= 0.3 is 14.5 Å². The summed E-state index contributed by atoms with van der Waals surface area (Å²) < 4.78 is 18.0. The second kappa shape index (κ2) is 23.0. The first kappa shape index (κ1) is 47.6. The van der Waals surface area contributed by atoms with Crippen LogP contribution in [-0.4, -0.2) is 36.6 Å². The van der Waals surface area contributed by atoms with Crippen LogP contribution in [0.5, 0.6) is 0 Å². The molecule has 3 aromatic carbocycles. The topological polar surface area (TPSA) is 44.8 Å². The van der Waals surface area contributed by atoms with Crippen molar-refractivity contribution in [3.8, 4) is 0 Å². The number of carbonyl (C=O) groups is 1. The van der Waals surface area contributed by atoms with E-state index in [4.69, 9.17) is 13.3 Å². The number of rotatable bonds is 19. The van der Waals surface area contributed by atoms with Gasteiger partial charge in [0.2, 0.25) is 0 Å². The number of carbonyl (C=O) groups excluding carboxylic acids is 1. The molecule has 3 rings (SSSR count). The van der Waals surface area contributed by atoms with Gasteiger partial charge in [0.1, 0.15) is 0 Å². The minimum absolute atomic E-state index is 0. The van der Waals surface area contributed by atoms with Crippen LogP contribution >= 0.6 is 0 Å². The molecule has 0 bridgehead atoms. The van der Waals surface area contributed by atoms with E-state index < -0.39 is 16.9 Å².